The number of hydrogen-bond donors (Lipinski definition) is 1. The molecule has 0 aliphatic rings. The topological polar surface area (TPSA) is 58.6 Å². The van der Waals surface area contributed by atoms with E-state index >= 15 is 0 Å². The predicted molar refractivity (Wildman–Crippen MR) is 83.5 cm³/mol. The number of urea groups is 1. The van der Waals surface area contributed by atoms with Crippen LogP contribution in [-0.4, -0.2) is 30.0 Å². The Hall–Kier alpha value is -2.04. The normalized spacial score (nSPS) is 10.0. The standard InChI is InChI=1S/C16H24N2O3/c1-4-6-11-18(10-5-2)16(20)17-14-8-7-9-15(12-14)21-13(3)19/h7-9,12H,4-6,10-11H2,1-3H3,(H,17,20). The molecule has 0 unspecified atom stereocenters. The number of nitrogens with zero attached hydrogens (tertiary/aromatic N) is 1. The summed E-state index contributed by atoms with van der Waals surface area (Å²) in [7, 11) is 0. The van der Waals surface area contributed by atoms with Crippen LogP contribution in [0.4, 0.5) is 10.5 Å². The fourth-order valence-corrected chi connectivity index (χ4v) is 1.94. The lowest BCUT2D eigenvalue weighted by atomic mass is 10.3. The van der Waals surface area contributed by atoms with Gasteiger partial charge in [0.25, 0.3) is 0 Å². The number of esters is 1. The van der Waals surface area contributed by atoms with Crippen LogP contribution in [0.5, 0.6) is 5.75 Å². The number of ether oxygens (including phenoxy) is 1. The number of rotatable bonds is 7. The molecule has 0 atom stereocenters. The average Bonchev–Trinajstić information content (AvgIpc) is 2.43. The van der Waals surface area contributed by atoms with Crippen LogP contribution in [0.2, 0.25) is 0 Å². The Kier molecular flexibility index (Phi) is 7.29. The van der Waals surface area contributed by atoms with Crippen LogP contribution in [-0.2, 0) is 4.79 Å². The van der Waals surface area contributed by atoms with Crippen LogP contribution in [0, 0.1) is 0 Å². The lowest BCUT2D eigenvalue weighted by Gasteiger charge is -2.22. The second kappa shape index (κ2) is 9.00. The van der Waals surface area contributed by atoms with Gasteiger partial charge in [-0.1, -0.05) is 26.3 Å². The SMILES string of the molecule is CCCCN(CCC)C(=O)Nc1cccc(OC(C)=O)c1. The fourth-order valence-electron chi connectivity index (χ4n) is 1.94. The quantitative estimate of drug-likeness (QED) is 0.616. The maximum atomic E-state index is 12.2. The number of nitrogens with one attached hydrogen (secondary N) is 1. The van der Waals surface area contributed by atoms with Gasteiger partial charge in [0, 0.05) is 31.8 Å². The Labute approximate surface area is 126 Å². The van der Waals surface area contributed by atoms with E-state index in [-0.39, 0.29) is 12.0 Å². The van der Waals surface area contributed by atoms with Crippen molar-refractivity contribution in [1.82, 2.24) is 4.90 Å². The highest BCUT2D eigenvalue weighted by molar-refractivity contribution is 5.89. The zero-order valence-electron chi connectivity index (χ0n) is 13.0. The third-order valence-corrected chi connectivity index (χ3v) is 2.91. The van der Waals surface area contributed by atoms with Crippen molar-refractivity contribution in [3.63, 3.8) is 0 Å². The lowest BCUT2D eigenvalue weighted by Crippen LogP contribution is -2.36. The largest absolute Gasteiger partial charge is 0.427 e. The van der Waals surface area contributed by atoms with Crippen molar-refractivity contribution in [3.05, 3.63) is 24.3 Å². The van der Waals surface area contributed by atoms with Gasteiger partial charge in [0.05, 0.1) is 0 Å². The summed E-state index contributed by atoms with van der Waals surface area (Å²) in [5, 5.41) is 2.85. The molecule has 1 N–H and O–H groups in total. The Morgan fingerprint density at radius 1 is 1.19 bits per heavy atom. The molecule has 1 rings (SSSR count). The van der Waals surface area contributed by atoms with Crippen molar-refractivity contribution in [1.29, 1.82) is 0 Å². The van der Waals surface area contributed by atoms with Crippen molar-refractivity contribution < 1.29 is 14.3 Å². The van der Waals surface area contributed by atoms with E-state index in [0.717, 1.165) is 32.4 Å². The second-order valence-corrected chi connectivity index (χ2v) is 4.89. The summed E-state index contributed by atoms with van der Waals surface area (Å²) >= 11 is 0. The van der Waals surface area contributed by atoms with Gasteiger partial charge in [-0.15, -0.1) is 0 Å². The summed E-state index contributed by atoms with van der Waals surface area (Å²) in [6, 6.07) is 6.71. The summed E-state index contributed by atoms with van der Waals surface area (Å²) < 4.78 is 5.01. The minimum Gasteiger partial charge on any atom is -0.427 e. The Morgan fingerprint density at radius 2 is 1.95 bits per heavy atom. The van der Waals surface area contributed by atoms with E-state index in [0.29, 0.717) is 11.4 Å². The summed E-state index contributed by atoms with van der Waals surface area (Å²) in [4.78, 5) is 25.0. The highest BCUT2D eigenvalue weighted by Crippen LogP contribution is 2.18. The minimum atomic E-state index is -0.381. The first-order chi connectivity index (χ1) is 10.1. The van der Waals surface area contributed by atoms with Gasteiger partial charge in [0.15, 0.2) is 0 Å². The van der Waals surface area contributed by atoms with Crippen LogP contribution >= 0.6 is 0 Å². The van der Waals surface area contributed by atoms with Crippen LogP contribution in [0.3, 0.4) is 0 Å². The molecule has 1 aromatic rings. The third-order valence-electron chi connectivity index (χ3n) is 2.91. The fraction of sp³-hybridized carbons (Fsp3) is 0.500. The van der Waals surface area contributed by atoms with E-state index < -0.39 is 0 Å². The van der Waals surface area contributed by atoms with Crippen molar-refractivity contribution in [2.45, 2.75) is 40.0 Å². The molecule has 5 nitrogen and oxygen atoms in total. The van der Waals surface area contributed by atoms with Gasteiger partial charge in [-0.3, -0.25) is 4.79 Å². The summed E-state index contributed by atoms with van der Waals surface area (Å²) in [6.07, 6.45) is 2.96. The summed E-state index contributed by atoms with van der Waals surface area (Å²) in [5.74, 6) is 0.0462. The molecule has 0 saturated heterocycles. The zero-order valence-corrected chi connectivity index (χ0v) is 13.0. The van der Waals surface area contributed by atoms with Crippen molar-refractivity contribution in [3.8, 4) is 5.75 Å². The Morgan fingerprint density at radius 3 is 2.57 bits per heavy atom. The number of carbonyl (C=O) groups excluding carboxylic acids is 2. The van der Waals surface area contributed by atoms with Gasteiger partial charge >= 0.3 is 12.0 Å². The van der Waals surface area contributed by atoms with Gasteiger partial charge < -0.3 is 15.0 Å². The van der Waals surface area contributed by atoms with Crippen molar-refractivity contribution >= 4 is 17.7 Å². The molecular formula is C16H24N2O3. The average molecular weight is 292 g/mol. The highest BCUT2D eigenvalue weighted by atomic mass is 16.5. The van der Waals surface area contributed by atoms with Gasteiger partial charge in [-0.25, -0.2) is 4.79 Å². The number of carbonyl (C=O) groups is 2. The van der Waals surface area contributed by atoms with Crippen molar-refractivity contribution in [2.24, 2.45) is 0 Å². The number of hydrogen-bond acceptors (Lipinski definition) is 3. The summed E-state index contributed by atoms with van der Waals surface area (Å²) in [6.45, 7) is 6.98. The Bertz CT molecular complexity index is 474. The number of benzene rings is 1. The molecule has 0 bridgehead atoms. The van der Waals surface area contributed by atoms with Crippen LogP contribution in [0.25, 0.3) is 0 Å². The maximum absolute atomic E-state index is 12.2. The van der Waals surface area contributed by atoms with Gasteiger partial charge in [-0.2, -0.15) is 0 Å². The first kappa shape index (κ1) is 17.0. The number of amides is 2. The van der Waals surface area contributed by atoms with Crippen LogP contribution in [0.1, 0.15) is 40.0 Å². The smallest absolute Gasteiger partial charge is 0.321 e. The number of anilines is 1. The second-order valence-electron chi connectivity index (χ2n) is 4.89. The zero-order chi connectivity index (χ0) is 15.7. The predicted octanol–water partition coefficient (Wildman–Crippen LogP) is 3.66. The molecule has 2 amide bonds. The molecule has 0 aliphatic heterocycles. The highest BCUT2D eigenvalue weighted by Gasteiger charge is 2.12. The molecule has 21 heavy (non-hydrogen) atoms. The van der Waals surface area contributed by atoms with E-state index in [2.05, 4.69) is 12.2 Å². The third kappa shape index (κ3) is 6.29. The first-order valence-corrected chi connectivity index (χ1v) is 7.41. The molecule has 0 saturated carbocycles. The Balaban J connectivity index is 2.68. The molecule has 0 spiro atoms. The molecular weight excluding hydrogens is 268 g/mol. The van der Waals surface area contributed by atoms with Gasteiger partial charge in [0.2, 0.25) is 0 Å². The first-order valence-electron chi connectivity index (χ1n) is 7.41. The van der Waals surface area contributed by atoms with E-state index in [4.69, 9.17) is 4.74 Å². The van der Waals surface area contributed by atoms with Crippen molar-refractivity contribution in [2.75, 3.05) is 18.4 Å². The van der Waals surface area contributed by atoms with Crippen LogP contribution in [0.15, 0.2) is 24.3 Å². The molecule has 1 aromatic carbocycles. The molecule has 0 aromatic heterocycles. The van der Waals surface area contributed by atoms with Gasteiger partial charge in [-0.05, 0) is 25.0 Å². The van der Waals surface area contributed by atoms with E-state index in [1.165, 1.54) is 6.92 Å². The molecule has 0 fully saturated rings. The molecule has 0 radical (unpaired) electrons. The lowest BCUT2D eigenvalue weighted by molar-refractivity contribution is -0.131. The van der Waals surface area contributed by atoms with E-state index in [1.807, 2.05) is 11.8 Å². The number of unbranched alkanes of at least 4 members (excludes halogenated alkanes) is 1. The van der Waals surface area contributed by atoms with E-state index in [9.17, 15) is 9.59 Å². The maximum Gasteiger partial charge on any atom is 0.321 e. The van der Waals surface area contributed by atoms with Crippen LogP contribution < -0.4 is 10.1 Å². The summed E-state index contributed by atoms with van der Waals surface area (Å²) in [5.41, 5.74) is 0.622. The monoisotopic (exact) mass is 292 g/mol. The minimum absolute atomic E-state index is 0.120. The molecule has 5 heteroatoms. The molecule has 0 aliphatic carbocycles. The molecule has 0 heterocycles. The van der Waals surface area contributed by atoms with E-state index in [1.54, 1.807) is 24.3 Å². The van der Waals surface area contributed by atoms with Gasteiger partial charge in [0.1, 0.15) is 5.75 Å². The molecule has 116 valence electrons.